The summed E-state index contributed by atoms with van der Waals surface area (Å²) in [7, 11) is 0. The van der Waals surface area contributed by atoms with E-state index in [-0.39, 0.29) is 29.5 Å². The van der Waals surface area contributed by atoms with Gasteiger partial charge in [-0.3, -0.25) is 19.4 Å². The number of carboxylic acid groups (broad SMARTS) is 2. The molecule has 12 heteroatoms. The number of rotatable bonds is 9. The zero-order chi connectivity index (χ0) is 27.9. The van der Waals surface area contributed by atoms with E-state index in [1.807, 2.05) is 0 Å². The Kier molecular flexibility index (Phi) is 5.27. The van der Waals surface area contributed by atoms with Gasteiger partial charge in [0.2, 0.25) is 5.95 Å². The molecule has 2 aromatic heterocycles. The molecule has 3 heterocycles. The number of fused-ring (bicyclic) bond motifs is 1. The van der Waals surface area contributed by atoms with E-state index < -0.39 is 66.6 Å². The summed E-state index contributed by atoms with van der Waals surface area (Å²) in [5.74, 6) is -6.57. The van der Waals surface area contributed by atoms with Gasteiger partial charge in [-0.15, -0.1) is 11.3 Å². The highest BCUT2D eigenvalue weighted by Crippen LogP contribution is 2.28. The van der Waals surface area contributed by atoms with E-state index in [0.717, 1.165) is 11.3 Å². The highest BCUT2D eigenvalue weighted by molar-refractivity contribution is 7.14. The summed E-state index contributed by atoms with van der Waals surface area (Å²) in [4.78, 5) is 53.8. The standard InChI is InChI=1S/C20H25N5O6S/c1-9-6-14(18(29)23-12(19(30)31)3-5-15(26)27)32-13(9)4-2-10-7-11-16(22-8-10)24-20(21)25-17(11)28/h6,10,12H,2-5,7-8H2,1H3,(H,23,29)(H,26,27)(H,30,31)(H4,21,22,24,25,28)/t10-,12-/m0/s1/i7D2,8D2,10D. The van der Waals surface area contributed by atoms with Crippen molar-refractivity contribution in [3.8, 4) is 0 Å². The van der Waals surface area contributed by atoms with E-state index in [1.54, 1.807) is 6.92 Å². The molecule has 1 aliphatic rings. The maximum Gasteiger partial charge on any atom is 0.326 e. The van der Waals surface area contributed by atoms with Gasteiger partial charge in [0.15, 0.2) is 0 Å². The quantitative estimate of drug-likeness (QED) is 0.312. The first-order valence-electron chi connectivity index (χ1n) is 12.0. The number of nitrogens with zero attached hydrogens (tertiary/aromatic N) is 1. The summed E-state index contributed by atoms with van der Waals surface area (Å²) >= 11 is 0.957. The third-order valence-electron chi connectivity index (χ3n) is 4.64. The number of aromatic amines is 1. The number of H-pyrrole nitrogens is 1. The number of aromatic nitrogens is 2. The van der Waals surface area contributed by atoms with E-state index in [4.69, 9.17) is 17.7 Å². The number of carbonyl (C=O) groups excluding carboxylic acids is 1. The van der Waals surface area contributed by atoms with E-state index in [9.17, 15) is 24.3 Å². The number of aryl methyl sites for hydroxylation is 2. The lowest BCUT2D eigenvalue weighted by Crippen LogP contribution is -2.40. The SMILES string of the molecule is [2H]C1([2H])Nc2nc(N)[nH]c(=O)c2C([2H])([2H])[C@]1([2H])CCc1sc(C(=O)N[C@@H](CCC(=O)O)C(=O)O)cc1C. The molecule has 7 N–H and O–H groups in total. The molecule has 0 bridgehead atoms. The zero-order valence-corrected chi connectivity index (χ0v) is 17.8. The monoisotopic (exact) mass is 468 g/mol. The third-order valence-corrected chi connectivity index (χ3v) is 5.94. The van der Waals surface area contributed by atoms with Crippen molar-refractivity contribution in [2.45, 2.75) is 45.0 Å². The first-order valence-corrected chi connectivity index (χ1v) is 10.3. The molecule has 0 radical (unpaired) electrons. The fraction of sp³-hybridized carbons (Fsp3) is 0.450. The lowest BCUT2D eigenvalue weighted by Gasteiger charge is -2.24. The number of carboxylic acids is 2. The second-order valence-corrected chi connectivity index (χ2v) is 8.18. The molecule has 32 heavy (non-hydrogen) atoms. The lowest BCUT2D eigenvalue weighted by atomic mass is 9.92. The number of aliphatic carboxylic acids is 2. The predicted octanol–water partition coefficient (Wildman–Crippen LogP) is 0.987. The van der Waals surface area contributed by atoms with Crippen LogP contribution in [0.3, 0.4) is 0 Å². The minimum atomic E-state index is -2.78. The van der Waals surface area contributed by atoms with Gasteiger partial charge in [-0.05, 0) is 50.1 Å². The molecule has 0 spiro atoms. The van der Waals surface area contributed by atoms with Crippen LogP contribution in [-0.2, 0) is 22.4 Å². The van der Waals surface area contributed by atoms with Crippen molar-refractivity contribution in [1.29, 1.82) is 0 Å². The number of amides is 1. The lowest BCUT2D eigenvalue weighted by molar-refractivity contribution is -0.140. The Labute approximate surface area is 194 Å². The fourth-order valence-corrected chi connectivity index (χ4v) is 4.09. The number of nitrogens with one attached hydrogen (secondary N) is 3. The van der Waals surface area contributed by atoms with Gasteiger partial charge in [0.25, 0.3) is 11.5 Å². The maximum atomic E-state index is 12.6. The second kappa shape index (κ2) is 9.81. The average Bonchev–Trinajstić information content (AvgIpc) is 3.13. The van der Waals surface area contributed by atoms with Crippen LogP contribution < -0.4 is 21.9 Å². The maximum absolute atomic E-state index is 12.6. The summed E-state index contributed by atoms with van der Waals surface area (Å²) in [5, 5.41) is 22.6. The molecule has 0 fully saturated rings. The van der Waals surface area contributed by atoms with Crippen LogP contribution in [-0.4, -0.2) is 50.6 Å². The van der Waals surface area contributed by atoms with Crippen LogP contribution in [0.1, 0.15) is 51.8 Å². The fourth-order valence-electron chi connectivity index (χ4n) is 3.01. The molecule has 0 aromatic carbocycles. The van der Waals surface area contributed by atoms with Gasteiger partial charge in [0.05, 0.1) is 10.4 Å². The van der Waals surface area contributed by atoms with Gasteiger partial charge in [-0.1, -0.05) is 0 Å². The number of anilines is 2. The van der Waals surface area contributed by atoms with Crippen LogP contribution in [0.25, 0.3) is 0 Å². The van der Waals surface area contributed by atoms with Crippen molar-refractivity contribution in [3.63, 3.8) is 0 Å². The van der Waals surface area contributed by atoms with Crippen molar-refractivity contribution >= 4 is 40.9 Å². The molecular formula is C20H25N5O6S. The zero-order valence-electron chi connectivity index (χ0n) is 21.9. The molecule has 1 aliphatic heterocycles. The van der Waals surface area contributed by atoms with Gasteiger partial charge in [0, 0.05) is 24.6 Å². The van der Waals surface area contributed by atoms with Crippen molar-refractivity contribution < 1.29 is 31.5 Å². The highest BCUT2D eigenvalue weighted by atomic mass is 32.1. The Morgan fingerprint density at radius 3 is 2.91 bits per heavy atom. The van der Waals surface area contributed by atoms with Crippen LogP contribution in [0.4, 0.5) is 11.8 Å². The van der Waals surface area contributed by atoms with Crippen LogP contribution >= 0.6 is 11.3 Å². The van der Waals surface area contributed by atoms with Crippen LogP contribution in [0.15, 0.2) is 10.9 Å². The smallest absolute Gasteiger partial charge is 0.326 e. The van der Waals surface area contributed by atoms with Crippen LogP contribution in [0.2, 0.25) is 0 Å². The van der Waals surface area contributed by atoms with Crippen LogP contribution in [0.5, 0.6) is 0 Å². The van der Waals surface area contributed by atoms with Gasteiger partial charge >= 0.3 is 11.9 Å². The largest absolute Gasteiger partial charge is 0.481 e. The molecular weight excluding hydrogens is 438 g/mol. The predicted molar refractivity (Wildman–Crippen MR) is 118 cm³/mol. The number of thiophene rings is 1. The summed E-state index contributed by atoms with van der Waals surface area (Å²) in [5.41, 5.74) is 4.59. The topological polar surface area (TPSA) is 187 Å². The average molecular weight is 469 g/mol. The normalized spacial score (nSPS) is 23.7. The van der Waals surface area contributed by atoms with E-state index in [2.05, 4.69) is 20.6 Å². The van der Waals surface area contributed by atoms with Gasteiger partial charge < -0.3 is 26.6 Å². The Hall–Kier alpha value is -3.41. The van der Waals surface area contributed by atoms with Crippen molar-refractivity contribution in [2.24, 2.45) is 5.89 Å². The van der Waals surface area contributed by atoms with Gasteiger partial charge in [-0.25, -0.2) is 4.79 Å². The molecule has 2 aromatic rings. The second-order valence-electron chi connectivity index (χ2n) is 7.04. The molecule has 0 aliphatic carbocycles. The number of carbonyl (C=O) groups is 3. The summed E-state index contributed by atoms with van der Waals surface area (Å²) in [6.45, 7) is -1.02. The van der Waals surface area contributed by atoms with Gasteiger partial charge in [0.1, 0.15) is 11.9 Å². The highest BCUT2D eigenvalue weighted by Gasteiger charge is 2.25. The Balaban J connectivity index is 1.84. The molecule has 11 nitrogen and oxygen atoms in total. The number of hydrogen-bond donors (Lipinski definition) is 6. The molecule has 0 unspecified atom stereocenters. The molecule has 2 atom stereocenters. The molecule has 1 amide bonds. The van der Waals surface area contributed by atoms with E-state index in [0.29, 0.717) is 10.4 Å². The van der Waals surface area contributed by atoms with Crippen LogP contribution in [0, 0.1) is 12.8 Å². The third kappa shape index (κ3) is 5.63. The minimum Gasteiger partial charge on any atom is -0.481 e. The Bertz CT molecular complexity index is 1320. The van der Waals surface area contributed by atoms with Crippen molar-refractivity contribution in [2.75, 3.05) is 17.5 Å². The summed E-state index contributed by atoms with van der Waals surface area (Å²) in [6.07, 6.45) is -3.99. The molecule has 172 valence electrons. The Morgan fingerprint density at radius 2 is 2.22 bits per heavy atom. The first kappa shape index (κ1) is 17.2. The number of nitrogen functional groups attached to an aromatic ring is 1. The van der Waals surface area contributed by atoms with Crippen molar-refractivity contribution in [3.05, 3.63) is 37.3 Å². The van der Waals surface area contributed by atoms with E-state index in [1.165, 1.54) is 6.07 Å². The first-order chi connectivity index (χ1) is 17.0. The van der Waals surface area contributed by atoms with Gasteiger partial charge in [-0.2, -0.15) is 4.98 Å². The molecule has 0 saturated heterocycles. The summed E-state index contributed by atoms with van der Waals surface area (Å²) < 4.78 is 42.7. The minimum absolute atomic E-state index is 0.0367. The number of hydrogen-bond acceptors (Lipinski definition) is 8. The molecule has 3 rings (SSSR count). The Morgan fingerprint density at radius 1 is 1.47 bits per heavy atom. The number of nitrogens with two attached hydrogens (primary N) is 1. The molecule has 0 saturated carbocycles. The van der Waals surface area contributed by atoms with E-state index >= 15 is 0 Å². The summed E-state index contributed by atoms with van der Waals surface area (Å²) in [6, 6.07) is 0.0524. The van der Waals surface area contributed by atoms with Crippen molar-refractivity contribution in [1.82, 2.24) is 15.3 Å².